The summed E-state index contributed by atoms with van der Waals surface area (Å²) in [5, 5.41) is 4.00. The molecule has 19 heavy (non-hydrogen) atoms. The van der Waals surface area contributed by atoms with Crippen LogP contribution < -0.4 is 5.73 Å². The molecule has 2 N–H and O–H groups in total. The van der Waals surface area contributed by atoms with Crippen molar-refractivity contribution in [2.75, 3.05) is 5.73 Å². The van der Waals surface area contributed by atoms with E-state index in [1.807, 2.05) is 6.92 Å². The van der Waals surface area contributed by atoms with Crippen molar-refractivity contribution in [2.24, 2.45) is 0 Å². The monoisotopic (exact) mass is 324 g/mol. The molecule has 0 radical (unpaired) electrons. The van der Waals surface area contributed by atoms with E-state index in [1.54, 1.807) is 22.9 Å². The fraction of sp³-hybridized carbons (Fsp3) is 0.250. The highest BCUT2D eigenvalue weighted by Gasteiger charge is 2.13. The van der Waals surface area contributed by atoms with Crippen molar-refractivity contribution in [2.45, 2.75) is 20.1 Å². The second-order valence-electron chi connectivity index (χ2n) is 3.81. The van der Waals surface area contributed by atoms with E-state index < -0.39 is 5.97 Å². The standard InChI is InChI=1S/C12H13BrN4O2/c1-2-17-11(15-7-16-17)6-19-12(18)9-5-8(14)3-4-10(9)13/h3-5,7H,2,6,14H2,1H3. The van der Waals surface area contributed by atoms with E-state index >= 15 is 0 Å². The number of anilines is 1. The van der Waals surface area contributed by atoms with Gasteiger partial charge in [-0.25, -0.2) is 14.5 Å². The summed E-state index contributed by atoms with van der Waals surface area (Å²) in [5.74, 6) is 0.153. The van der Waals surface area contributed by atoms with Gasteiger partial charge in [0, 0.05) is 16.7 Å². The number of hydrogen-bond acceptors (Lipinski definition) is 5. The van der Waals surface area contributed by atoms with E-state index in [1.165, 1.54) is 6.33 Å². The van der Waals surface area contributed by atoms with Crippen LogP contribution in [0.2, 0.25) is 0 Å². The molecule has 0 saturated heterocycles. The summed E-state index contributed by atoms with van der Waals surface area (Å²) in [6, 6.07) is 4.98. The van der Waals surface area contributed by atoms with Crippen molar-refractivity contribution in [1.29, 1.82) is 0 Å². The molecule has 6 nitrogen and oxygen atoms in total. The quantitative estimate of drug-likeness (QED) is 0.687. The van der Waals surface area contributed by atoms with Crippen LogP contribution in [0.1, 0.15) is 23.1 Å². The number of nitrogens with two attached hydrogens (primary N) is 1. The van der Waals surface area contributed by atoms with Crippen LogP contribution in [-0.2, 0) is 17.9 Å². The summed E-state index contributed by atoms with van der Waals surface area (Å²) in [7, 11) is 0. The molecule has 0 aliphatic heterocycles. The smallest absolute Gasteiger partial charge is 0.339 e. The highest BCUT2D eigenvalue weighted by atomic mass is 79.9. The summed E-state index contributed by atoms with van der Waals surface area (Å²) in [5.41, 5.74) is 6.54. The second kappa shape index (κ2) is 5.83. The van der Waals surface area contributed by atoms with Crippen LogP contribution >= 0.6 is 15.9 Å². The number of carbonyl (C=O) groups excluding carboxylic acids is 1. The van der Waals surface area contributed by atoms with E-state index in [4.69, 9.17) is 10.5 Å². The van der Waals surface area contributed by atoms with E-state index in [-0.39, 0.29) is 6.61 Å². The number of benzene rings is 1. The van der Waals surface area contributed by atoms with Crippen molar-refractivity contribution < 1.29 is 9.53 Å². The lowest BCUT2D eigenvalue weighted by Crippen LogP contribution is -2.11. The number of aryl methyl sites for hydroxylation is 1. The van der Waals surface area contributed by atoms with Crippen molar-refractivity contribution in [3.05, 3.63) is 40.4 Å². The molecule has 1 aromatic carbocycles. The van der Waals surface area contributed by atoms with Gasteiger partial charge in [0.25, 0.3) is 0 Å². The summed E-state index contributed by atoms with van der Waals surface area (Å²) in [4.78, 5) is 16.0. The van der Waals surface area contributed by atoms with Crippen LogP contribution in [0.3, 0.4) is 0 Å². The number of hydrogen-bond donors (Lipinski definition) is 1. The zero-order valence-corrected chi connectivity index (χ0v) is 11.9. The molecule has 0 unspecified atom stereocenters. The maximum absolute atomic E-state index is 11.9. The predicted octanol–water partition coefficient (Wildman–Crippen LogP) is 2.00. The molecule has 100 valence electrons. The van der Waals surface area contributed by atoms with Crippen molar-refractivity contribution in [3.8, 4) is 0 Å². The molecule has 2 aromatic rings. The van der Waals surface area contributed by atoms with E-state index in [0.29, 0.717) is 28.1 Å². The molecule has 0 fully saturated rings. The highest BCUT2D eigenvalue weighted by Crippen LogP contribution is 2.20. The largest absolute Gasteiger partial charge is 0.454 e. The molecule has 0 aliphatic rings. The molecule has 0 saturated carbocycles. The number of ether oxygens (including phenoxy) is 1. The van der Waals surface area contributed by atoms with Crippen LogP contribution in [0.15, 0.2) is 29.0 Å². The normalized spacial score (nSPS) is 10.4. The highest BCUT2D eigenvalue weighted by molar-refractivity contribution is 9.10. The molecule has 2 rings (SSSR count). The molecule has 1 aromatic heterocycles. The lowest BCUT2D eigenvalue weighted by molar-refractivity contribution is 0.0456. The molecule has 0 bridgehead atoms. The fourth-order valence-electron chi connectivity index (χ4n) is 1.57. The van der Waals surface area contributed by atoms with Gasteiger partial charge >= 0.3 is 5.97 Å². The Bertz CT molecular complexity index is 597. The Labute approximate surface area is 118 Å². The zero-order valence-electron chi connectivity index (χ0n) is 10.3. The SMILES string of the molecule is CCn1ncnc1COC(=O)c1cc(N)ccc1Br. The average Bonchev–Trinajstić information content (AvgIpc) is 2.86. The maximum Gasteiger partial charge on any atom is 0.339 e. The van der Waals surface area contributed by atoms with Crippen molar-refractivity contribution in [1.82, 2.24) is 14.8 Å². The molecule has 0 spiro atoms. The molecular formula is C12H13BrN4O2. The molecule has 0 amide bonds. The lowest BCUT2D eigenvalue weighted by Gasteiger charge is -2.07. The average molecular weight is 325 g/mol. The summed E-state index contributed by atoms with van der Waals surface area (Å²) in [6.45, 7) is 2.69. The van der Waals surface area contributed by atoms with Gasteiger partial charge in [-0.3, -0.25) is 0 Å². The second-order valence-corrected chi connectivity index (χ2v) is 4.66. The van der Waals surface area contributed by atoms with Gasteiger partial charge in [-0.1, -0.05) is 0 Å². The van der Waals surface area contributed by atoms with Crippen LogP contribution in [0.5, 0.6) is 0 Å². The molecule has 7 heteroatoms. The minimum atomic E-state index is -0.454. The predicted molar refractivity (Wildman–Crippen MR) is 73.4 cm³/mol. The summed E-state index contributed by atoms with van der Waals surface area (Å²) in [6.07, 6.45) is 1.43. The molecule has 0 aliphatic carbocycles. The van der Waals surface area contributed by atoms with Gasteiger partial charge < -0.3 is 10.5 Å². The summed E-state index contributed by atoms with van der Waals surface area (Å²) >= 11 is 3.29. The first kappa shape index (κ1) is 13.5. The third kappa shape index (κ3) is 3.11. The minimum absolute atomic E-state index is 0.0773. The fourth-order valence-corrected chi connectivity index (χ4v) is 1.98. The molecule has 0 atom stereocenters. The number of rotatable bonds is 4. The Morgan fingerprint density at radius 2 is 2.32 bits per heavy atom. The number of esters is 1. The van der Waals surface area contributed by atoms with Gasteiger partial charge in [0.05, 0.1) is 5.56 Å². The molecule has 1 heterocycles. The first-order valence-electron chi connectivity index (χ1n) is 5.70. The Hall–Kier alpha value is -1.89. The maximum atomic E-state index is 11.9. The third-order valence-electron chi connectivity index (χ3n) is 2.54. The lowest BCUT2D eigenvalue weighted by atomic mass is 10.2. The van der Waals surface area contributed by atoms with Crippen LogP contribution in [0, 0.1) is 0 Å². The molecular weight excluding hydrogens is 312 g/mol. The van der Waals surface area contributed by atoms with Gasteiger partial charge in [0.1, 0.15) is 6.33 Å². The first-order valence-corrected chi connectivity index (χ1v) is 6.50. The van der Waals surface area contributed by atoms with Crippen LogP contribution in [0.4, 0.5) is 5.69 Å². The first-order chi connectivity index (χ1) is 9.11. The Morgan fingerprint density at radius 1 is 1.53 bits per heavy atom. The van der Waals surface area contributed by atoms with Gasteiger partial charge in [-0.2, -0.15) is 5.10 Å². The number of halogens is 1. The van der Waals surface area contributed by atoms with E-state index in [2.05, 4.69) is 26.0 Å². The number of nitrogens with zero attached hydrogens (tertiary/aromatic N) is 3. The van der Waals surface area contributed by atoms with Gasteiger partial charge in [0.2, 0.25) is 0 Å². The summed E-state index contributed by atoms with van der Waals surface area (Å²) < 4.78 is 7.51. The van der Waals surface area contributed by atoms with E-state index in [0.717, 1.165) is 0 Å². The minimum Gasteiger partial charge on any atom is -0.454 e. The Kier molecular flexibility index (Phi) is 4.16. The topological polar surface area (TPSA) is 83.0 Å². The van der Waals surface area contributed by atoms with Gasteiger partial charge in [-0.05, 0) is 41.1 Å². The van der Waals surface area contributed by atoms with E-state index in [9.17, 15) is 4.79 Å². The van der Waals surface area contributed by atoms with Gasteiger partial charge in [0.15, 0.2) is 12.4 Å². The van der Waals surface area contributed by atoms with Crippen molar-refractivity contribution >= 4 is 27.6 Å². The van der Waals surface area contributed by atoms with Gasteiger partial charge in [-0.15, -0.1) is 0 Å². The number of aromatic nitrogens is 3. The zero-order chi connectivity index (χ0) is 13.8. The van der Waals surface area contributed by atoms with Crippen LogP contribution in [-0.4, -0.2) is 20.7 Å². The van der Waals surface area contributed by atoms with Crippen LogP contribution in [0.25, 0.3) is 0 Å². The Morgan fingerprint density at radius 3 is 3.05 bits per heavy atom. The third-order valence-corrected chi connectivity index (χ3v) is 3.23. The Balaban J connectivity index is 2.07. The van der Waals surface area contributed by atoms with Crippen molar-refractivity contribution in [3.63, 3.8) is 0 Å². The number of nitrogen functional groups attached to an aromatic ring is 1. The number of carbonyl (C=O) groups is 1.